The van der Waals surface area contributed by atoms with Gasteiger partial charge in [0, 0.05) is 44.3 Å². The second kappa shape index (κ2) is 15.1. The van der Waals surface area contributed by atoms with Crippen molar-refractivity contribution in [3.05, 3.63) is 83.4 Å². The summed E-state index contributed by atoms with van der Waals surface area (Å²) in [5.74, 6) is -1.02. The van der Waals surface area contributed by atoms with Crippen molar-refractivity contribution in [2.24, 2.45) is 10.4 Å². The predicted octanol–water partition coefficient (Wildman–Crippen LogP) is 8.21. The number of allylic oxidation sites excluding steroid dienone is 2. The van der Waals surface area contributed by atoms with Gasteiger partial charge in [-0.3, -0.25) is 14.6 Å². The number of nitrogens with zero attached hydrogens (tertiary/aromatic N) is 3. The second-order valence-electron chi connectivity index (χ2n) is 11.0. The fourth-order valence-corrected chi connectivity index (χ4v) is 5.08. The van der Waals surface area contributed by atoms with Crippen molar-refractivity contribution in [3.63, 3.8) is 0 Å². The summed E-state index contributed by atoms with van der Waals surface area (Å²) in [5, 5.41) is 9.98. The number of benzene rings is 2. The Morgan fingerprint density at radius 2 is 1.64 bits per heavy atom. The lowest BCUT2D eigenvalue weighted by Crippen LogP contribution is -2.35. The van der Waals surface area contributed by atoms with Crippen molar-refractivity contribution < 1.29 is 21.6 Å². The molecule has 1 saturated carbocycles. The molecule has 2 N–H and O–H groups in total. The van der Waals surface area contributed by atoms with Crippen LogP contribution in [0.25, 0.3) is 5.57 Å². The van der Waals surface area contributed by atoms with Gasteiger partial charge in [0.2, 0.25) is 11.8 Å². The first-order valence-corrected chi connectivity index (χ1v) is 15.7. The van der Waals surface area contributed by atoms with Crippen molar-refractivity contribution in [2.75, 3.05) is 23.8 Å². The number of rotatable bonds is 8. The average Bonchev–Trinajstić information content (AvgIpc) is 3.98. The maximum atomic E-state index is 12.9. The molecule has 1 aromatic heterocycles. The molecule has 3 aromatic rings. The maximum Gasteiger partial charge on any atom is 0.240 e. The number of amides is 2. The van der Waals surface area contributed by atoms with Gasteiger partial charge in [-0.1, -0.05) is 32.1 Å². The van der Waals surface area contributed by atoms with Crippen LogP contribution in [0.3, 0.4) is 0 Å². The molecule has 2 aliphatic carbocycles. The summed E-state index contributed by atoms with van der Waals surface area (Å²) < 4.78 is 20.7. The second-order valence-corrected chi connectivity index (χ2v) is 11.0. The van der Waals surface area contributed by atoms with Crippen molar-refractivity contribution >= 4 is 34.5 Å². The minimum atomic E-state index is -1.04. The number of nitrogens with one attached hydrogen (secondary N) is 2. The third-order valence-corrected chi connectivity index (χ3v) is 7.90. The van der Waals surface area contributed by atoms with E-state index >= 15 is 0 Å². The molecule has 238 valence electrons. The quantitative estimate of drug-likeness (QED) is 0.200. The molecule has 1 aliphatic heterocycles. The maximum absolute atomic E-state index is 12.9. The molecule has 1 atom stereocenters. The molecule has 2 fully saturated rings. The van der Waals surface area contributed by atoms with Crippen LogP contribution < -0.4 is 10.6 Å². The Morgan fingerprint density at radius 3 is 2.14 bits per heavy atom. The van der Waals surface area contributed by atoms with Crippen molar-refractivity contribution in [2.45, 2.75) is 79.4 Å². The lowest BCUT2D eigenvalue weighted by molar-refractivity contribution is -0.131. The number of halogens is 1. The monoisotopic (exact) mass is 605 g/mol. The Hall–Kier alpha value is -4.11. The van der Waals surface area contributed by atoms with E-state index in [9.17, 15) is 14.0 Å². The van der Waals surface area contributed by atoms with E-state index in [2.05, 4.69) is 33.7 Å². The van der Waals surface area contributed by atoms with E-state index in [0.29, 0.717) is 24.2 Å². The Balaban J connectivity index is 0.000000310. The van der Waals surface area contributed by atoms with E-state index in [1.807, 2.05) is 62.8 Å². The van der Waals surface area contributed by atoms with Gasteiger partial charge in [0.15, 0.2) is 0 Å². The topological polar surface area (TPSA) is 97.6 Å². The normalized spacial score (nSPS) is 18.0. The predicted molar refractivity (Wildman–Crippen MR) is 178 cm³/mol. The van der Waals surface area contributed by atoms with E-state index in [4.69, 9.17) is 4.74 Å². The highest BCUT2D eigenvalue weighted by Gasteiger charge is 2.56. The summed E-state index contributed by atoms with van der Waals surface area (Å²) in [4.78, 5) is 29.5. The van der Waals surface area contributed by atoms with Gasteiger partial charge in [0.1, 0.15) is 17.5 Å². The molecule has 0 spiro atoms. The molecule has 1 saturated heterocycles. The van der Waals surface area contributed by atoms with Crippen LogP contribution in [0.5, 0.6) is 0 Å². The zero-order valence-corrected chi connectivity index (χ0v) is 26.5. The molecule has 0 radical (unpaired) electrons. The number of hydrogen-bond donors (Lipinski definition) is 2. The molecular weight excluding hydrogens is 557 g/mol. The van der Waals surface area contributed by atoms with Crippen LogP contribution in [0.4, 0.5) is 15.8 Å². The molecule has 0 bridgehead atoms. The van der Waals surface area contributed by atoms with Gasteiger partial charge < -0.3 is 15.4 Å². The molecular formula is C35H48FN5O3. The highest BCUT2D eigenvalue weighted by atomic mass is 19.1. The summed E-state index contributed by atoms with van der Waals surface area (Å²) in [5.41, 5.74) is 5.96. The lowest BCUT2D eigenvalue weighted by Gasteiger charge is -2.24. The highest BCUT2D eigenvalue weighted by molar-refractivity contribution is 6.16. The summed E-state index contributed by atoms with van der Waals surface area (Å²) >= 11 is 0. The third-order valence-electron chi connectivity index (χ3n) is 7.90. The fourth-order valence-electron chi connectivity index (χ4n) is 5.08. The Kier molecular flexibility index (Phi) is 11.2. The van der Waals surface area contributed by atoms with Crippen LogP contribution in [-0.4, -0.2) is 40.5 Å². The molecule has 2 amide bonds. The number of hydrogen-bond acceptors (Lipinski definition) is 5. The van der Waals surface area contributed by atoms with Crippen LogP contribution in [0.2, 0.25) is 0 Å². The third kappa shape index (κ3) is 8.08. The minimum Gasteiger partial charge on any atom is -0.357 e. The number of anilines is 2. The molecule has 9 heteroatoms. The summed E-state index contributed by atoms with van der Waals surface area (Å²) in [6.45, 7) is 11.8. The van der Waals surface area contributed by atoms with Crippen molar-refractivity contribution in [1.82, 2.24) is 9.78 Å². The fraction of sp³-hybridized carbons (Fsp3) is 0.429. The summed E-state index contributed by atoms with van der Waals surface area (Å²) in [6.07, 6.45) is 9.67. The van der Waals surface area contributed by atoms with Crippen LogP contribution >= 0.6 is 0 Å². The van der Waals surface area contributed by atoms with Gasteiger partial charge in [-0.15, -0.1) is 0 Å². The van der Waals surface area contributed by atoms with E-state index < -0.39 is 5.41 Å². The van der Waals surface area contributed by atoms with Gasteiger partial charge >= 0.3 is 0 Å². The molecule has 6 rings (SSSR count). The van der Waals surface area contributed by atoms with E-state index in [-0.39, 0.29) is 26.7 Å². The molecule has 1 unspecified atom stereocenters. The first-order valence-electron chi connectivity index (χ1n) is 15.7. The van der Waals surface area contributed by atoms with Gasteiger partial charge in [-0.05, 0) is 107 Å². The molecule has 2 heterocycles. The molecule has 3 aliphatic rings. The van der Waals surface area contributed by atoms with Crippen LogP contribution in [0.1, 0.15) is 92.1 Å². The summed E-state index contributed by atoms with van der Waals surface area (Å²) in [7, 11) is 0. The van der Waals surface area contributed by atoms with Gasteiger partial charge in [0.25, 0.3) is 0 Å². The highest BCUT2D eigenvalue weighted by Crippen LogP contribution is 2.47. The first-order chi connectivity index (χ1) is 21.3. The van der Waals surface area contributed by atoms with Gasteiger partial charge in [-0.25, -0.2) is 9.07 Å². The minimum absolute atomic E-state index is 0. The van der Waals surface area contributed by atoms with E-state index in [1.54, 1.807) is 0 Å². The van der Waals surface area contributed by atoms with E-state index in [1.165, 1.54) is 42.7 Å². The Labute approximate surface area is 262 Å². The lowest BCUT2D eigenvalue weighted by atomic mass is 10.0. The van der Waals surface area contributed by atoms with E-state index in [0.717, 1.165) is 48.5 Å². The summed E-state index contributed by atoms with van der Waals surface area (Å²) in [6, 6.07) is 13.1. The number of carbonyl (C=O) groups excluding carboxylic acids is 2. The number of ether oxygens (including phenoxy) is 1. The molecule has 8 nitrogen and oxygen atoms in total. The number of aliphatic imine (C=N–C) groups is 1. The Bertz CT molecular complexity index is 1490. The zero-order chi connectivity index (χ0) is 31.7. The van der Waals surface area contributed by atoms with Crippen molar-refractivity contribution in [3.8, 4) is 0 Å². The Morgan fingerprint density at radius 1 is 1.05 bits per heavy atom. The number of aromatic nitrogens is 2. The first kappa shape index (κ1) is 32.8. The molecule has 44 heavy (non-hydrogen) atoms. The standard InChI is InChI=1S/C20H17FN2O2.C13H21N3O.C2H6.2H2/c21-15-5-9-17(10-6-15)23-19(25)20(11-12-20)18(24)22-16-7-3-14(4-8-16)13-1-2-13;1-4-14-10(2)12-9-15-16(11(12)3)13-7-5-6-8-17-13;1-2;;/h1,3-10H,2,11-12H2,(H,22,24)(H,23,25);9,13H,4-8H2,1-3H3;1-2H3;2*1H. The number of carbonyl (C=O) groups is 2. The zero-order valence-electron chi connectivity index (χ0n) is 26.5. The molecule has 2 aromatic carbocycles. The average molecular weight is 606 g/mol. The van der Waals surface area contributed by atoms with Crippen LogP contribution in [0.15, 0.2) is 65.8 Å². The van der Waals surface area contributed by atoms with Crippen molar-refractivity contribution in [1.29, 1.82) is 0 Å². The smallest absolute Gasteiger partial charge is 0.240 e. The SMILES string of the molecule is CC.CCN=C(C)c1cnn(C2CCCCO2)c1C.O=C(Nc1ccc(F)cc1)C1(C(=O)Nc2ccc(C3=CC3)cc2)CC1.[HH].[HH]. The van der Waals surface area contributed by atoms with Gasteiger partial charge in [0.05, 0.1) is 6.20 Å². The van der Waals surface area contributed by atoms with Crippen LogP contribution in [-0.2, 0) is 14.3 Å². The van der Waals surface area contributed by atoms with Crippen LogP contribution in [0, 0.1) is 18.2 Å². The van der Waals surface area contributed by atoms with Gasteiger partial charge in [-0.2, -0.15) is 5.10 Å². The largest absolute Gasteiger partial charge is 0.357 e.